The van der Waals surface area contributed by atoms with Gasteiger partial charge < -0.3 is 10.2 Å². The van der Waals surface area contributed by atoms with Crippen molar-refractivity contribution in [1.29, 1.82) is 0 Å². The van der Waals surface area contributed by atoms with Gasteiger partial charge in [0.15, 0.2) is 0 Å². The average molecular weight is 242 g/mol. The van der Waals surface area contributed by atoms with Gasteiger partial charge in [-0.1, -0.05) is 18.2 Å². The summed E-state index contributed by atoms with van der Waals surface area (Å²) in [4.78, 5) is 2.40. The Kier molecular flexibility index (Phi) is 3.21. The Balaban J connectivity index is 1.81. The average Bonchev–Trinajstić information content (AvgIpc) is 2.41. The van der Waals surface area contributed by atoms with Gasteiger partial charge in [0.2, 0.25) is 0 Å². The third-order valence-electron chi connectivity index (χ3n) is 3.63. The number of piperazine rings is 1. The summed E-state index contributed by atoms with van der Waals surface area (Å²) in [6, 6.07) is 10.8. The van der Waals surface area contributed by atoms with E-state index in [9.17, 15) is 0 Å². The highest BCUT2D eigenvalue weighted by molar-refractivity contribution is 5.77. The topological polar surface area (TPSA) is 41.0 Å². The van der Waals surface area contributed by atoms with Crippen LogP contribution < -0.4 is 5.32 Å². The number of fused-ring (bicyclic) bond motifs is 1. The molecule has 0 amide bonds. The maximum Gasteiger partial charge on any atom is 0.0929 e. The Hall–Kier alpha value is -1.52. The van der Waals surface area contributed by atoms with Gasteiger partial charge in [-0.05, 0) is 19.2 Å². The summed E-state index contributed by atoms with van der Waals surface area (Å²) in [5, 5.41) is 13.2. The fraction of sp³-hybridized carbons (Fsp3) is 0.429. The number of nitrogens with zero attached hydrogens (tertiary/aromatic N) is 3. The molecule has 2 aromatic rings. The number of likely N-dealkylation sites (N-methyl/N-ethyl adjacent to an activating group) is 1. The summed E-state index contributed by atoms with van der Waals surface area (Å²) in [5.41, 5.74) is 2.05. The van der Waals surface area contributed by atoms with Gasteiger partial charge in [-0.15, -0.1) is 0 Å². The first kappa shape index (κ1) is 11.6. The smallest absolute Gasteiger partial charge is 0.0929 e. The van der Waals surface area contributed by atoms with Crippen molar-refractivity contribution in [2.24, 2.45) is 0 Å². The van der Waals surface area contributed by atoms with Crippen LogP contribution in [0.15, 0.2) is 30.3 Å². The zero-order valence-electron chi connectivity index (χ0n) is 10.6. The fourth-order valence-corrected chi connectivity index (χ4v) is 2.46. The van der Waals surface area contributed by atoms with Crippen molar-refractivity contribution < 1.29 is 0 Å². The summed E-state index contributed by atoms with van der Waals surface area (Å²) in [6.07, 6.45) is 0.960. The monoisotopic (exact) mass is 242 g/mol. The van der Waals surface area contributed by atoms with Crippen LogP contribution in [0.3, 0.4) is 0 Å². The molecule has 1 aromatic carbocycles. The normalized spacial score (nSPS) is 21.3. The van der Waals surface area contributed by atoms with Gasteiger partial charge in [0, 0.05) is 37.5 Å². The molecular weight excluding hydrogens is 224 g/mol. The summed E-state index contributed by atoms with van der Waals surface area (Å²) < 4.78 is 0. The molecule has 3 rings (SSSR count). The lowest BCUT2D eigenvalue weighted by atomic mass is 10.1. The van der Waals surface area contributed by atoms with Crippen LogP contribution in [0.5, 0.6) is 0 Å². The Bertz CT molecular complexity index is 540. The van der Waals surface area contributed by atoms with Crippen molar-refractivity contribution >= 4 is 10.9 Å². The van der Waals surface area contributed by atoms with Crippen LogP contribution in [-0.2, 0) is 6.42 Å². The molecule has 0 aliphatic carbocycles. The molecule has 2 heterocycles. The number of nitrogens with one attached hydrogen (secondary N) is 1. The largest absolute Gasteiger partial charge is 0.314 e. The summed E-state index contributed by atoms with van der Waals surface area (Å²) in [7, 11) is 2.18. The van der Waals surface area contributed by atoms with E-state index in [1.165, 1.54) is 5.39 Å². The van der Waals surface area contributed by atoms with E-state index in [2.05, 4.69) is 39.6 Å². The molecule has 1 aliphatic rings. The molecule has 94 valence electrons. The van der Waals surface area contributed by atoms with Crippen molar-refractivity contribution in [1.82, 2.24) is 20.4 Å². The van der Waals surface area contributed by atoms with E-state index in [4.69, 9.17) is 0 Å². The molecule has 1 unspecified atom stereocenters. The van der Waals surface area contributed by atoms with Crippen LogP contribution in [0.25, 0.3) is 10.9 Å². The van der Waals surface area contributed by atoms with Crippen LogP contribution in [0.4, 0.5) is 0 Å². The first-order valence-corrected chi connectivity index (χ1v) is 6.45. The van der Waals surface area contributed by atoms with Crippen molar-refractivity contribution in [2.45, 2.75) is 12.5 Å². The molecule has 1 aliphatic heterocycles. The molecule has 1 aromatic heterocycles. The van der Waals surface area contributed by atoms with E-state index in [0.717, 1.165) is 37.3 Å². The first-order chi connectivity index (χ1) is 8.83. The lowest BCUT2D eigenvalue weighted by Gasteiger charge is -2.32. The molecular formula is C14H18N4. The quantitative estimate of drug-likeness (QED) is 0.855. The third kappa shape index (κ3) is 2.35. The molecule has 4 nitrogen and oxygen atoms in total. The highest BCUT2D eigenvalue weighted by Gasteiger charge is 2.19. The van der Waals surface area contributed by atoms with Crippen molar-refractivity contribution in [3.63, 3.8) is 0 Å². The molecule has 0 radical (unpaired) electrons. The van der Waals surface area contributed by atoms with Gasteiger partial charge in [0.25, 0.3) is 0 Å². The first-order valence-electron chi connectivity index (χ1n) is 6.45. The van der Waals surface area contributed by atoms with Gasteiger partial charge in [-0.25, -0.2) is 0 Å². The Morgan fingerprint density at radius 2 is 2.22 bits per heavy atom. The predicted molar refractivity (Wildman–Crippen MR) is 72.5 cm³/mol. The minimum Gasteiger partial charge on any atom is -0.314 e. The third-order valence-corrected chi connectivity index (χ3v) is 3.63. The molecule has 0 saturated carbocycles. The lowest BCUT2D eigenvalue weighted by molar-refractivity contribution is 0.198. The van der Waals surface area contributed by atoms with E-state index >= 15 is 0 Å². The van der Waals surface area contributed by atoms with Gasteiger partial charge in [-0.3, -0.25) is 0 Å². The molecule has 1 fully saturated rings. The zero-order chi connectivity index (χ0) is 12.4. The minimum absolute atomic E-state index is 0.522. The molecule has 0 bridgehead atoms. The van der Waals surface area contributed by atoms with Crippen LogP contribution in [-0.4, -0.2) is 47.8 Å². The van der Waals surface area contributed by atoms with Crippen molar-refractivity contribution in [3.8, 4) is 0 Å². The maximum atomic E-state index is 4.33. The number of benzene rings is 1. The standard InChI is InChI=1S/C14H18N4/c1-18-7-6-15-10-13(18)9-12-8-11-4-2-3-5-14(11)17-16-12/h2-5,8,13,15H,6-7,9-10H2,1H3. The number of hydrogen-bond donors (Lipinski definition) is 1. The molecule has 0 spiro atoms. The van der Waals surface area contributed by atoms with Crippen LogP contribution in [0, 0.1) is 0 Å². The molecule has 4 heteroatoms. The van der Waals surface area contributed by atoms with Gasteiger partial charge in [0.05, 0.1) is 11.2 Å². The number of rotatable bonds is 2. The molecule has 1 N–H and O–H groups in total. The van der Waals surface area contributed by atoms with E-state index in [0.29, 0.717) is 6.04 Å². The number of hydrogen-bond acceptors (Lipinski definition) is 4. The highest BCUT2D eigenvalue weighted by Crippen LogP contribution is 2.13. The Morgan fingerprint density at radius 3 is 3.11 bits per heavy atom. The molecule has 1 saturated heterocycles. The Morgan fingerprint density at radius 1 is 1.33 bits per heavy atom. The van der Waals surface area contributed by atoms with E-state index in [1.807, 2.05) is 18.2 Å². The van der Waals surface area contributed by atoms with Gasteiger partial charge >= 0.3 is 0 Å². The van der Waals surface area contributed by atoms with Crippen molar-refractivity contribution in [2.75, 3.05) is 26.7 Å². The van der Waals surface area contributed by atoms with Crippen LogP contribution in [0.2, 0.25) is 0 Å². The van der Waals surface area contributed by atoms with Gasteiger partial charge in [0.1, 0.15) is 0 Å². The Labute approximate surface area is 107 Å². The molecule has 1 atom stereocenters. The maximum absolute atomic E-state index is 4.33. The highest BCUT2D eigenvalue weighted by atomic mass is 15.2. The van der Waals surface area contributed by atoms with E-state index in [-0.39, 0.29) is 0 Å². The van der Waals surface area contributed by atoms with E-state index < -0.39 is 0 Å². The second kappa shape index (κ2) is 5.00. The number of aromatic nitrogens is 2. The van der Waals surface area contributed by atoms with Crippen molar-refractivity contribution in [3.05, 3.63) is 36.0 Å². The van der Waals surface area contributed by atoms with Crippen LogP contribution >= 0.6 is 0 Å². The predicted octanol–water partition coefficient (Wildman–Crippen LogP) is 1.08. The second-order valence-electron chi connectivity index (χ2n) is 4.94. The second-order valence-corrected chi connectivity index (χ2v) is 4.94. The summed E-state index contributed by atoms with van der Waals surface area (Å²) in [5.74, 6) is 0. The van der Waals surface area contributed by atoms with Crippen LogP contribution in [0.1, 0.15) is 5.69 Å². The molecule has 18 heavy (non-hydrogen) atoms. The summed E-state index contributed by atoms with van der Waals surface area (Å²) >= 11 is 0. The zero-order valence-corrected chi connectivity index (χ0v) is 10.6. The van der Waals surface area contributed by atoms with Gasteiger partial charge in [-0.2, -0.15) is 10.2 Å². The summed E-state index contributed by atoms with van der Waals surface area (Å²) in [6.45, 7) is 3.22. The SMILES string of the molecule is CN1CCNCC1Cc1cc2ccccc2nn1. The van der Waals surface area contributed by atoms with E-state index in [1.54, 1.807) is 0 Å². The minimum atomic E-state index is 0.522. The lowest BCUT2D eigenvalue weighted by Crippen LogP contribution is -2.50. The fourth-order valence-electron chi connectivity index (χ4n) is 2.46.